The maximum absolute atomic E-state index is 12.0. The van der Waals surface area contributed by atoms with Crippen molar-refractivity contribution in [1.29, 1.82) is 0 Å². The van der Waals surface area contributed by atoms with E-state index in [1.54, 1.807) is 11.0 Å². The molecular weight excluding hydrogens is 290 g/mol. The van der Waals surface area contributed by atoms with Crippen LogP contribution in [-0.4, -0.2) is 71.7 Å². The van der Waals surface area contributed by atoms with Gasteiger partial charge in [-0.3, -0.25) is 9.59 Å². The molecule has 2 heterocycles. The molecule has 0 aliphatic carbocycles. The van der Waals surface area contributed by atoms with Crippen molar-refractivity contribution in [2.75, 3.05) is 50.5 Å². The topological polar surface area (TPSA) is 122 Å². The molecule has 1 atom stereocenters. The third-order valence-electron chi connectivity index (χ3n) is 3.44. The minimum atomic E-state index is -0.967. The van der Waals surface area contributed by atoms with E-state index in [-0.39, 0.29) is 25.6 Å². The molecule has 3 N–H and O–H groups in total. The molecule has 0 aromatic carbocycles. The maximum atomic E-state index is 12.0. The van der Waals surface area contributed by atoms with Crippen molar-refractivity contribution < 1.29 is 19.4 Å². The van der Waals surface area contributed by atoms with Crippen molar-refractivity contribution in [1.82, 2.24) is 14.9 Å². The lowest BCUT2D eigenvalue weighted by atomic mass is 10.1. The van der Waals surface area contributed by atoms with Crippen molar-refractivity contribution in [3.8, 4) is 0 Å². The minimum absolute atomic E-state index is 0.0683. The minimum Gasteiger partial charge on any atom is -0.481 e. The van der Waals surface area contributed by atoms with E-state index in [0.29, 0.717) is 24.9 Å². The van der Waals surface area contributed by atoms with E-state index in [2.05, 4.69) is 9.97 Å². The van der Waals surface area contributed by atoms with Crippen molar-refractivity contribution in [2.45, 2.75) is 0 Å². The highest BCUT2D eigenvalue weighted by atomic mass is 16.5. The summed E-state index contributed by atoms with van der Waals surface area (Å²) in [6.45, 7) is 1.10. The first-order valence-electron chi connectivity index (χ1n) is 6.84. The lowest BCUT2D eigenvalue weighted by Crippen LogP contribution is -2.39. The van der Waals surface area contributed by atoms with Gasteiger partial charge in [0.1, 0.15) is 12.4 Å². The number of anilines is 2. The summed E-state index contributed by atoms with van der Waals surface area (Å²) in [5.41, 5.74) is 5.64. The normalized spacial score (nSPS) is 18.9. The zero-order chi connectivity index (χ0) is 16.1. The number of carbonyl (C=O) groups is 2. The Balaban J connectivity index is 2.18. The summed E-state index contributed by atoms with van der Waals surface area (Å²) in [4.78, 5) is 34.8. The van der Waals surface area contributed by atoms with E-state index in [9.17, 15) is 14.7 Å². The molecule has 1 aliphatic heterocycles. The number of nitrogens with two attached hydrogens (primary N) is 1. The predicted octanol–water partition coefficient (Wildman–Crippen LogP) is -0.945. The van der Waals surface area contributed by atoms with Crippen LogP contribution in [-0.2, 0) is 14.3 Å². The summed E-state index contributed by atoms with van der Waals surface area (Å²) in [5.74, 6) is -1.25. The fourth-order valence-corrected chi connectivity index (χ4v) is 2.31. The Hall–Kier alpha value is -2.42. The van der Waals surface area contributed by atoms with Crippen LogP contribution in [0, 0.1) is 5.92 Å². The number of nitrogen functional groups attached to an aromatic ring is 1. The molecule has 0 spiro atoms. The first-order chi connectivity index (χ1) is 10.5. The molecule has 1 aromatic rings. The van der Waals surface area contributed by atoms with Gasteiger partial charge in [0.25, 0.3) is 0 Å². The van der Waals surface area contributed by atoms with E-state index < -0.39 is 11.9 Å². The highest BCUT2D eigenvalue weighted by Crippen LogP contribution is 2.16. The average Bonchev–Trinajstić information content (AvgIpc) is 2.70. The van der Waals surface area contributed by atoms with Gasteiger partial charge in [0.05, 0.1) is 5.92 Å². The van der Waals surface area contributed by atoms with Crippen molar-refractivity contribution in [2.24, 2.45) is 5.92 Å². The summed E-state index contributed by atoms with van der Waals surface area (Å²) in [6.07, 6.45) is 1.52. The zero-order valence-electron chi connectivity index (χ0n) is 12.3. The summed E-state index contributed by atoms with van der Waals surface area (Å²) < 4.78 is 4.83. The number of hydrogen-bond acceptors (Lipinski definition) is 7. The Bertz CT molecular complexity index is 553. The van der Waals surface area contributed by atoms with Gasteiger partial charge in [0.15, 0.2) is 0 Å². The molecule has 1 saturated heterocycles. The molecule has 1 aliphatic rings. The lowest BCUT2D eigenvalue weighted by molar-refractivity contribution is -0.143. The van der Waals surface area contributed by atoms with Gasteiger partial charge < -0.3 is 25.4 Å². The molecule has 120 valence electrons. The number of carboxylic acid groups (broad SMARTS) is 1. The molecule has 9 nitrogen and oxygen atoms in total. The molecule has 0 radical (unpaired) electrons. The van der Waals surface area contributed by atoms with Crippen LogP contribution in [0.25, 0.3) is 0 Å². The number of rotatable bonds is 4. The van der Waals surface area contributed by atoms with Gasteiger partial charge in [-0.25, -0.2) is 4.98 Å². The molecular formula is C13H19N5O4. The zero-order valence-corrected chi connectivity index (χ0v) is 12.3. The second kappa shape index (κ2) is 7.03. The second-order valence-electron chi connectivity index (χ2n) is 5.04. The van der Waals surface area contributed by atoms with Crippen LogP contribution in [0.3, 0.4) is 0 Å². The Morgan fingerprint density at radius 1 is 1.45 bits per heavy atom. The van der Waals surface area contributed by atoms with Gasteiger partial charge in [-0.15, -0.1) is 0 Å². The van der Waals surface area contributed by atoms with Gasteiger partial charge >= 0.3 is 5.97 Å². The smallest absolute Gasteiger partial charge is 0.310 e. The fraction of sp³-hybridized carbons (Fsp3) is 0.538. The summed E-state index contributed by atoms with van der Waals surface area (Å²) >= 11 is 0. The molecule has 1 unspecified atom stereocenters. The maximum Gasteiger partial charge on any atom is 0.310 e. The van der Waals surface area contributed by atoms with Crippen LogP contribution in [0.15, 0.2) is 12.3 Å². The largest absolute Gasteiger partial charge is 0.481 e. The first-order valence-corrected chi connectivity index (χ1v) is 6.84. The first kappa shape index (κ1) is 16.0. The average molecular weight is 309 g/mol. The molecule has 2 rings (SSSR count). The Kier molecular flexibility index (Phi) is 5.10. The molecule has 1 fully saturated rings. The number of amides is 1. The summed E-state index contributed by atoms with van der Waals surface area (Å²) in [6, 6.07) is 1.56. The highest BCUT2D eigenvalue weighted by molar-refractivity contribution is 5.79. The van der Waals surface area contributed by atoms with Gasteiger partial charge in [-0.05, 0) is 6.07 Å². The quantitative estimate of drug-likeness (QED) is 0.730. The van der Waals surface area contributed by atoms with Crippen molar-refractivity contribution in [3.63, 3.8) is 0 Å². The van der Waals surface area contributed by atoms with E-state index in [4.69, 9.17) is 10.5 Å². The molecule has 1 amide bonds. The monoisotopic (exact) mass is 309 g/mol. The SMILES string of the molecule is COCC(=O)N1CCN(c2nccc(N)n2)CC(C(=O)O)C1. The summed E-state index contributed by atoms with van der Waals surface area (Å²) in [7, 11) is 1.43. The number of methoxy groups -OCH3 is 1. The van der Waals surface area contributed by atoms with E-state index in [1.165, 1.54) is 18.2 Å². The van der Waals surface area contributed by atoms with E-state index in [1.807, 2.05) is 0 Å². The van der Waals surface area contributed by atoms with Gasteiger partial charge in [0, 0.05) is 39.5 Å². The Morgan fingerprint density at radius 2 is 2.23 bits per heavy atom. The van der Waals surface area contributed by atoms with Crippen LogP contribution in [0.2, 0.25) is 0 Å². The van der Waals surface area contributed by atoms with Gasteiger partial charge in [-0.2, -0.15) is 4.98 Å². The fourth-order valence-electron chi connectivity index (χ4n) is 2.31. The number of carboxylic acids is 1. The molecule has 9 heteroatoms. The third kappa shape index (κ3) is 3.82. The van der Waals surface area contributed by atoms with Gasteiger partial charge in [-0.1, -0.05) is 0 Å². The van der Waals surface area contributed by atoms with E-state index >= 15 is 0 Å². The van der Waals surface area contributed by atoms with Crippen LogP contribution in [0.4, 0.5) is 11.8 Å². The highest BCUT2D eigenvalue weighted by Gasteiger charge is 2.30. The lowest BCUT2D eigenvalue weighted by Gasteiger charge is -2.21. The molecule has 0 saturated carbocycles. The number of aromatic nitrogens is 2. The number of ether oxygens (including phenoxy) is 1. The second-order valence-corrected chi connectivity index (χ2v) is 5.04. The van der Waals surface area contributed by atoms with E-state index in [0.717, 1.165) is 0 Å². The molecule has 22 heavy (non-hydrogen) atoms. The predicted molar refractivity (Wildman–Crippen MR) is 78.2 cm³/mol. The van der Waals surface area contributed by atoms with Crippen molar-refractivity contribution >= 4 is 23.6 Å². The third-order valence-corrected chi connectivity index (χ3v) is 3.44. The number of hydrogen-bond donors (Lipinski definition) is 2. The Morgan fingerprint density at radius 3 is 2.86 bits per heavy atom. The summed E-state index contributed by atoms with van der Waals surface area (Å²) in [5, 5.41) is 9.35. The van der Waals surface area contributed by atoms with Gasteiger partial charge in [0.2, 0.25) is 11.9 Å². The van der Waals surface area contributed by atoms with Crippen LogP contribution < -0.4 is 10.6 Å². The Labute approximate surface area is 127 Å². The molecule has 0 bridgehead atoms. The number of aliphatic carboxylic acids is 1. The van der Waals surface area contributed by atoms with Crippen LogP contribution in [0.5, 0.6) is 0 Å². The van der Waals surface area contributed by atoms with Crippen molar-refractivity contribution in [3.05, 3.63) is 12.3 Å². The van der Waals surface area contributed by atoms with Crippen LogP contribution >= 0.6 is 0 Å². The molecule has 1 aromatic heterocycles. The standard InChI is InChI=1S/C13H19N5O4/c1-22-8-11(19)17-4-5-18(7-9(6-17)12(20)21)13-15-3-2-10(14)16-13/h2-3,9H,4-8H2,1H3,(H,20,21)(H2,14,15,16). The number of carbonyl (C=O) groups excluding carboxylic acids is 1. The number of nitrogens with zero attached hydrogens (tertiary/aromatic N) is 4. The van der Waals surface area contributed by atoms with Crippen LogP contribution in [0.1, 0.15) is 0 Å².